The number of carbonyl (C=O) groups is 2. The average molecular weight is 410 g/mol. The van der Waals surface area contributed by atoms with E-state index in [4.69, 9.17) is 0 Å². The summed E-state index contributed by atoms with van der Waals surface area (Å²) in [6.07, 6.45) is 5.63. The fraction of sp³-hybridized carbons (Fsp3) is 0.458. The molecule has 2 aromatic rings. The first-order valence-corrected chi connectivity index (χ1v) is 10.8. The first-order chi connectivity index (χ1) is 14.6. The van der Waals surface area contributed by atoms with E-state index in [2.05, 4.69) is 4.98 Å². The SMILES string of the molecule is O=C1CCC(C(=O)N2CCC(Cc3ccc(F)cc3)CC2)CN1Cc1ccccn1. The second-order valence-corrected chi connectivity index (χ2v) is 8.43. The summed E-state index contributed by atoms with van der Waals surface area (Å²) >= 11 is 0. The zero-order chi connectivity index (χ0) is 20.9. The maximum absolute atomic E-state index is 13.1. The van der Waals surface area contributed by atoms with E-state index in [0.29, 0.717) is 31.8 Å². The van der Waals surface area contributed by atoms with Gasteiger partial charge < -0.3 is 9.80 Å². The summed E-state index contributed by atoms with van der Waals surface area (Å²) in [5, 5.41) is 0. The molecule has 1 aromatic carbocycles. The summed E-state index contributed by atoms with van der Waals surface area (Å²) in [6.45, 7) is 2.46. The number of hydrogen-bond donors (Lipinski definition) is 0. The van der Waals surface area contributed by atoms with E-state index in [1.54, 1.807) is 11.1 Å². The van der Waals surface area contributed by atoms with Gasteiger partial charge in [0.1, 0.15) is 5.82 Å². The van der Waals surface area contributed by atoms with Crippen molar-refractivity contribution in [2.45, 2.75) is 38.6 Å². The predicted octanol–water partition coefficient (Wildman–Crippen LogP) is 3.44. The molecule has 1 unspecified atom stereocenters. The van der Waals surface area contributed by atoms with Crippen molar-refractivity contribution in [3.63, 3.8) is 0 Å². The van der Waals surface area contributed by atoms with E-state index in [1.165, 1.54) is 12.1 Å². The van der Waals surface area contributed by atoms with E-state index in [9.17, 15) is 14.0 Å². The Hall–Kier alpha value is -2.76. The normalized spacial score (nSPS) is 20.4. The molecule has 2 aliphatic rings. The number of halogens is 1. The van der Waals surface area contributed by atoms with Crippen molar-refractivity contribution in [2.75, 3.05) is 19.6 Å². The third kappa shape index (κ3) is 5.04. The lowest BCUT2D eigenvalue weighted by Gasteiger charge is -2.37. The van der Waals surface area contributed by atoms with Crippen molar-refractivity contribution in [2.24, 2.45) is 11.8 Å². The smallest absolute Gasteiger partial charge is 0.227 e. The molecule has 3 heterocycles. The van der Waals surface area contributed by atoms with Crippen LogP contribution in [0, 0.1) is 17.7 Å². The van der Waals surface area contributed by atoms with Gasteiger partial charge in [0.15, 0.2) is 0 Å². The number of nitrogens with zero attached hydrogens (tertiary/aromatic N) is 3. The van der Waals surface area contributed by atoms with Crippen LogP contribution in [0.3, 0.4) is 0 Å². The molecule has 2 fully saturated rings. The standard InChI is InChI=1S/C24H28FN3O2/c25-21-7-4-18(5-8-21)15-19-10-13-27(14-11-19)24(30)20-6-9-23(29)28(16-20)17-22-3-1-2-12-26-22/h1-5,7-8,12,19-20H,6,9-11,13-17H2. The average Bonchev–Trinajstić information content (AvgIpc) is 2.78. The Balaban J connectivity index is 1.29. The highest BCUT2D eigenvalue weighted by atomic mass is 19.1. The van der Waals surface area contributed by atoms with Crippen molar-refractivity contribution < 1.29 is 14.0 Å². The highest BCUT2D eigenvalue weighted by Gasteiger charge is 2.34. The molecule has 2 amide bonds. The van der Waals surface area contributed by atoms with Crippen molar-refractivity contribution in [1.29, 1.82) is 0 Å². The molecular formula is C24H28FN3O2. The molecule has 0 saturated carbocycles. The molecule has 6 heteroatoms. The highest BCUT2D eigenvalue weighted by Crippen LogP contribution is 2.26. The second-order valence-electron chi connectivity index (χ2n) is 8.43. The van der Waals surface area contributed by atoms with Crippen LogP contribution in [-0.4, -0.2) is 46.2 Å². The van der Waals surface area contributed by atoms with Crippen LogP contribution in [0.2, 0.25) is 0 Å². The van der Waals surface area contributed by atoms with Gasteiger partial charge in [-0.1, -0.05) is 18.2 Å². The van der Waals surface area contributed by atoms with Gasteiger partial charge in [0.25, 0.3) is 0 Å². The zero-order valence-electron chi connectivity index (χ0n) is 17.2. The fourth-order valence-corrected chi connectivity index (χ4v) is 4.53. The number of amides is 2. The van der Waals surface area contributed by atoms with Gasteiger partial charge in [0.2, 0.25) is 11.8 Å². The molecule has 1 aromatic heterocycles. The van der Waals surface area contributed by atoms with E-state index in [-0.39, 0.29) is 23.5 Å². The van der Waals surface area contributed by atoms with Crippen LogP contribution in [-0.2, 0) is 22.6 Å². The third-order valence-corrected chi connectivity index (χ3v) is 6.29. The first-order valence-electron chi connectivity index (χ1n) is 10.8. The number of likely N-dealkylation sites (tertiary alicyclic amines) is 2. The topological polar surface area (TPSA) is 53.5 Å². The quantitative estimate of drug-likeness (QED) is 0.760. The number of rotatable bonds is 5. The Morgan fingerprint density at radius 2 is 1.83 bits per heavy atom. The summed E-state index contributed by atoms with van der Waals surface area (Å²) in [7, 11) is 0. The number of piperidine rings is 2. The van der Waals surface area contributed by atoms with Gasteiger partial charge in [-0.25, -0.2) is 4.39 Å². The van der Waals surface area contributed by atoms with Crippen LogP contribution in [0.4, 0.5) is 4.39 Å². The van der Waals surface area contributed by atoms with Crippen molar-refractivity contribution in [3.8, 4) is 0 Å². The molecule has 4 rings (SSSR count). The van der Waals surface area contributed by atoms with Crippen molar-refractivity contribution in [3.05, 3.63) is 65.7 Å². The van der Waals surface area contributed by atoms with Crippen molar-refractivity contribution >= 4 is 11.8 Å². The minimum atomic E-state index is -0.206. The van der Waals surface area contributed by atoms with Crippen LogP contribution in [0.1, 0.15) is 36.9 Å². The molecule has 0 bridgehead atoms. The molecule has 2 aliphatic heterocycles. The van der Waals surface area contributed by atoms with Gasteiger partial charge in [-0.05, 0) is 61.4 Å². The lowest BCUT2D eigenvalue weighted by Crippen LogP contribution is -2.48. The zero-order valence-corrected chi connectivity index (χ0v) is 17.2. The van der Waals surface area contributed by atoms with Gasteiger partial charge in [-0.2, -0.15) is 0 Å². The number of hydrogen-bond acceptors (Lipinski definition) is 3. The van der Waals surface area contributed by atoms with Gasteiger partial charge in [-0.15, -0.1) is 0 Å². The summed E-state index contributed by atoms with van der Waals surface area (Å²) < 4.78 is 13.1. The Morgan fingerprint density at radius 3 is 2.53 bits per heavy atom. The molecule has 0 radical (unpaired) electrons. The largest absolute Gasteiger partial charge is 0.342 e. The first kappa shape index (κ1) is 20.5. The van der Waals surface area contributed by atoms with E-state index in [0.717, 1.165) is 43.6 Å². The van der Waals surface area contributed by atoms with E-state index in [1.807, 2.05) is 35.2 Å². The minimum absolute atomic E-state index is 0.0997. The molecule has 158 valence electrons. The minimum Gasteiger partial charge on any atom is -0.342 e. The summed E-state index contributed by atoms with van der Waals surface area (Å²) in [6, 6.07) is 12.4. The van der Waals surface area contributed by atoms with Crippen LogP contribution in [0.5, 0.6) is 0 Å². The Kier molecular flexibility index (Phi) is 6.41. The van der Waals surface area contributed by atoms with Gasteiger partial charge in [-0.3, -0.25) is 14.6 Å². The number of pyridine rings is 1. The Labute approximate surface area is 176 Å². The van der Waals surface area contributed by atoms with Crippen molar-refractivity contribution in [1.82, 2.24) is 14.8 Å². The van der Waals surface area contributed by atoms with Crippen LogP contribution < -0.4 is 0 Å². The van der Waals surface area contributed by atoms with Gasteiger partial charge >= 0.3 is 0 Å². The molecule has 30 heavy (non-hydrogen) atoms. The summed E-state index contributed by atoms with van der Waals surface area (Å²) in [5.74, 6) is 0.465. The van der Waals surface area contributed by atoms with Crippen LogP contribution in [0.25, 0.3) is 0 Å². The molecule has 0 N–H and O–H groups in total. The highest BCUT2D eigenvalue weighted by molar-refractivity contribution is 5.84. The Bertz CT molecular complexity index is 864. The van der Waals surface area contributed by atoms with Crippen LogP contribution in [0.15, 0.2) is 48.7 Å². The second kappa shape index (κ2) is 9.37. The molecule has 0 aliphatic carbocycles. The molecule has 0 spiro atoms. The van der Waals surface area contributed by atoms with E-state index >= 15 is 0 Å². The van der Waals surface area contributed by atoms with Gasteiger partial charge in [0, 0.05) is 32.3 Å². The maximum atomic E-state index is 13.1. The number of carbonyl (C=O) groups excluding carboxylic acids is 2. The monoisotopic (exact) mass is 409 g/mol. The van der Waals surface area contributed by atoms with E-state index < -0.39 is 0 Å². The van der Waals surface area contributed by atoms with Gasteiger partial charge in [0.05, 0.1) is 18.2 Å². The predicted molar refractivity (Wildman–Crippen MR) is 112 cm³/mol. The summed E-state index contributed by atoms with van der Waals surface area (Å²) in [5.41, 5.74) is 2.00. The molecule has 5 nitrogen and oxygen atoms in total. The molecular weight excluding hydrogens is 381 g/mol. The maximum Gasteiger partial charge on any atom is 0.227 e. The summed E-state index contributed by atoms with van der Waals surface area (Å²) in [4.78, 5) is 33.5. The molecule has 1 atom stereocenters. The fourth-order valence-electron chi connectivity index (χ4n) is 4.53. The number of aromatic nitrogens is 1. The Morgan fingerprint density at radius 1 is 1.07 bits per heavy atom. The molecule has 2 saturated heterocycles. The number of benzene rings is 1. The lowest BCUT2D eigenvalue weighted by atomic mass is 9.89. The third-order valence-electron chi connectivity index (χ3n) is 6.29. The lowest BCUT2D eigenvalue weighted by molar-refractivity contribution is -0.144. The van der Waals surface area contributed by atoms with Crippen LogP contribution >= 0.6 is 0 Å².